The first-order valence-electron chi connectivity index (χ1n) is 11.8. The Bertz CT molecular complexity index is 1480. The van der Waals surface area contributed by atoms with E-state index in [0.717, 1.165) is 27.8 Å². The van der Waals surface area contributed by atoms with Crippen molar-refractivity contribution < 1.29 is 4.79 Å². The molecule has 3 aromatic carbocycles. The van der Waals surface area contributed by atoms with Gasteiger partial charge in [0.15, 0.2) is 0 Å². The maximum atomic E-state index is 13.0. The van der Waals surface area contributed by atoms with Crippen molar-refractivity contribution in [2.75, 3.05) is 22.8 Å². The van der Waals surface area contributed by atoms with E-state index >= 15 is 0 Å². The Hall–Kier alpha value is -3.88. The van der Waals surface area contributed by atoms with E-state index in [1.165, 1.54) is 15.3 Å². The fourth-order valence-electron chi connectivity index (χ4n) is 4.48. The van der Waals surface area contributed by atoms with Crippen LogP contribution in [0.25, 0.3) is 5.69 Å². The Balaban J connectivity index is 0.000000174. The number of rotatable bonds is 2. The molecule has 2 aliphatic heterocycles. The smallest absolute Gasteiger partial charge is 0.276 e. The van der Waals surface area contributed by atoms with Gasteiger partial charge in [0.1, 0.15) is 0 Å². The molecule has 184 valence electrons. The largest absolute Gasteiger partial charge is 0.365 e. The minimum absolute atomic E-state index is 0.0244. The molecule has 2 N–H and O–H groups in total. The van der Waals surface area contributed by atoms with Gasteiger partial charge in [-0.25, -0.2) is 15.1 Å². The maximum absolute atomic E-state index is 13.0. The minimum Gasteiger partial charge on any atom is -0.365 e. The summed E-state index contributed by atoms with van der Waals surface area (Å²) in [5, 5.41) is 4.65. The quantitative estimate of drug-likeness (QED) is 0.403. The lowest BCUT2D eigenvalue weighted by Crippen LogP contribution is -2.36. The summed E-state index contributed by atoms with van der Waals surface area (Å²) < 4.78 is 1.52. The average Bonchev–Trinajstić information content (AvgIpc) is 3.52. The van der Waals surface area contributed by atoms with E-state index in [4.69, 9.17) is 0 Å². The lowest BCUT2D eigenvalue weighted by molar-refractivity contribution is -0.112. The summed E-state index contributed by atoms with van der Waals surface area (Å²) in [7, 11) is 1.92. The number of benzene rings is 3. The summed E-state index contributed by atoms with van der Waals surface area (Å²) in [5.74, 6) is 0.979. The number of amides is 1. The number of carbonyl (C=O) groups is 1. The number of carbonyl (C=O) groups excluding carboxylic acids is 1. The molecule has 0 bridgehead atoms. The van der Waals surface area contributed by atoms with Crippen molar-refractivity contribution in [1.82, 2.24) is 15.2 Å². The van der Waals surface area contributed by atoms with Crippen molar-refractivity contribution >= 4 is 32.6 Å². The van der Waals surface area contributed by atoms with Crippen LogP contribution in [-0.2, 0) is 4.79 Å². The number of hydrogen-bond acceptors (Lipinski definition) is 4. The van der Waals surface area contributed by atoms with E-state index in [1.807, 2.05) is 67.6 Å². The molecular weight excluding hydrogens is 470 g/mol. The van der Waals surface area contributed by atoms with Crippen LogP contribution in [0.1, 0.15) is 12.6 Å². The number of hydrogen-bond donors (Lipinski definition) is 2. The lowest BCUT2D eigenvalue weighted by atomic mass is 10.2. The molecule has 0 spiro atoms. The number of nitrogens with one attached hydrogen (secondary N) is 2. The van der Waals surface area contributed by atoms with Crippen molar-refractivity contribution in [2.24, 2.45) is 0 Å². The molecule has 0 saturated carbocycles. The van der Waals surface area contributed by atoms with Gasteiger partial charge in [0.2, 0.25) is 0 Å². The van der Waals surface area contributed by atoms with Crippen molar-refractivity contribution in [3.63, 3.8) is 0 Å². The first-order valence-corrected chi connectivity index (χ1v) is 13.2. The van der Waals surface area contributed by atoms with Crippen LogP contribution >= 0.6 is 10.5 Å². The third-order valence-electron chi connectivity index (χ3n) is 6.14. The number of hydrazine groups is 1. The third kappa shape index (κ3) is 4.53. The number of para-hydroxylation sites is 3. The Morgan fingerprint density at radius 1 is 0.861 bits per heavy atom. The highest BCUT2D eigenvalue weighted by Crippen LogP contribution is 2.44. The number of anilines is 2. The molecule has 1 saturated heterocycles. The maximum Gasteiger partial charge on any atom is 0.276 e. The SMILES string of the molecule is CC1NN(c2ccccc2)C(=O)/C1=S1\CN(C)c2ccccc21.Cc1cc(=O)n(-c2ccccc2)[nH]1. The molecule has 3 heterocycles. The summed E-state index contributed by atoms with van der Waals surface area (Å²) in [5.41, 5.74) is 7.16. The number of nitrogens with zero attached hydrogens (tertiary/aromatic N) is 3. The number of fused-ring (bicyclic) bond motifs is 1. The summed E-state index contributed by atoms with van der Waals surface area (Å²) in [6.45, 7) is 3.94. The van der Waals surface area contributed by atoms with Gasteiger partial charge < -0.3 is 4.90 Å². The molecule has 2 unspecified atom stereocenters. The molecular formula is C28H29N5O2S. The Morgan fingerprint density at radius 2 is 1.47 bits per heavy atom. The molecule has 0 aliphatic carbocycles. The number of H-pyrrole nitrogens is 1. The Labute approximate surface area is 212 Å². The van der Waals surface area contributed by atoms with Crippen molar-refractivity contribution in [3.8, 4) is 5.69 Å². The fourth-order valence-corrected chi connectivity index (χ4v) is 7.02. The number of aromatic nitrogens is 2. The van der Waals surface area contributed by atoms with Crippen LogP contribution in [0.15, 0.2) is 101 Å². The number of aryl methyl sites for hydroxylation is 1. The minimum atomic E-state index is -0.173. The van der Waals surface area contributed by atoms with Gasteiger partial charge in [0.05, 0.1) is 33.8 Å². The highest BCUT2D eigenvalue weighted by Gasteiger charge is 2.37. The molecule has 36 heavy (non-hydrogen) atoms. The molecule has 8 heteroatoms. The number of aromatic amines is 1. The van der Waals surface area contributed by atoms with Gasteiger partial charge in [-0.15, -0.1) is 10.5 Å². The molecule has 4 aromatic rings. The average molecular weight is 500 g/mol. The van der Waals surface area contributed by atoms with Gasteiger partial charge in [-0.3, -0.25) is 14.7 Å². The van der Waals surface area contributed by atoms with Crippen molar-refractivity contribution in [1.29, 1.82) is 0 Å². The van der Waals surface area contributed by atoms with Crippen LogP contribution in [0.2, 0.25) is 0 Å². The highest BCUT2D eigenvalue weighted by atomic mass is 32.2. The molecule has 7 nitrogen and oxygen atoms in total. The predicted octanol–water partition coefficient (Wildman–Crippen LogP) is 4.31. The van der Waals surface area contributed by atoms with Gasteiger partial charge in [0.25, 0.3) is 11.5 Å². The molecule has 2 aliphatic rings. The normalized spacial score (nSPS) is 19.8. The monoisotopic (exact) mass is 499 g/mol. The molecule has 2 atom stereocenters. The van der Waals surface area contributed by atoms with Gasteiger partial charge in [-0.1, -0.05) is 48.5 Å². The third-order valence-corrected chi connectivity index (χ3v) is 8.72. The van der Waals surface area contributed by atoms with Crippen LogP contribution < -0.4 is 20.9 Å². The van der Waals surface area contributed by atoms with Crippen LogP contribution in [-0.4, -0.2) is 39.5 Å². The second-order valence-electron chi connectivity index (χ2n) is 8.83. The van der Waals surface area contributed by atoms with Gasteiger partial charge in [0, 0.05) is 23.7 Å². The van der Waals surface area contributed by atoms with E-state index in [9.17, 15) is 9.59 Å². The van der Waals surface area contributed by atoms with Crippen LogP contribution in [0.5, 0.6) is 0 Å². The van der Waals surface area contributed by atoms with Crippen molar-refractivity contribution in [2.45, 2.75) is 24.8 Å². The van der Waals surface area contributed by atoms with E-state index in [-0.39, 0.29) is 28.0 Å². The summed E-state index contributed by atoms with van der Waals surface area (Å²) in [6, 6.07) is 29.3. The zero-order chi connectivity index (χ0) is 25.2. The predicted molar refractivity (Wildman–Crippen MR) is 148 cm³/mol. The lowest BCUT2D eigenvalue weighted by Gasteiger charge is -2.15. The second-order valence-corrected chi connectivity index (χ2v) is 10.7. The van der Waals surface area contributed by atoms with E-state index in [1.54, 1.807) is 11.1 Å². The summed E-state index contributed by atoms with van der Waals surface area (Å²) in [4.78, 5) is 28.9. The summed E-state index contributed by atoms with van der Waals surface area (Å²) in [6.07, 6.45) is 0. The van der Waals surface area contributed by atoms with Crippen molar-refractivity contribution in [3.05, 3.63) is 107 Å². The van der Waals surface area contributed by atoms with Crippen LogP contribution in [0.4, 0.5) is 11.4 Å². The Kier molecular flexibility index (Phi) is 6.63. The zero-order valence-corrected chi connectivity index (χ0v) is 21.3. The molecule has 0 radical (unpaired) electrons. The van der Waals surface area contributed by atoms with E-state index in [2.05, 4.69) is 53.7 Å². The molecule has 1 fully saturated rings. The molecule has 1 amide bonds. The van der Waals surface area contributed by atoms with Gasteiger partial charge >= 0.3 is 0 Å². The van der Waals surface area contributed by atoms with Gasteiger partial charge in [-0.2, -0.15) is 0 Å². The van der Waals surface area contributed by atoms with Crippen LogP contribution in [0.3, 0.4) is 0 Å². The fraction of sp³-hybridized carbons (Fsp3) is 0.179. The zero-order valence-electron chi connectivity index (χ0n) is 20.5. The summed E-state index contributed by atoms with van der Waals surface area (Å²) >= 11 is 0. The topological polar surface area (TPSA) is 73.4 Å². The van der Waals surface area contributed by atoms with Crippen LogP contribution in [0, 0.1) is 6.92 Å². The highest BCUT2D eigenvalue weighted by molar-refractivity contribution is 8.17. The van der Waals surface area contributed by atoms with E-state index in [0.29, 0.717) is 0 Å². The second kappa shape index (κ2) is 10.0. The first kappa shape index (κ1) is 23.8. The standard InChI is InChI=1S/C18H19N3OS.C10H10N2O/c1-13-17(18(22)21(19-13)14-8-4-3-5-9-14)23-12-20(2)15-10-6-7-11-16(15)23;1-8-7-10(13)12(11-8)9-5-3-2-4-6-9/h3-11,13,19H,12H2,1-2H3;2-7,11H,1H3. The van der Waals surface area contributed by atoms with E-state index < -0.39 is 0 Å². The molecule has 6 rings (SSSR count). The molecule has 1 aromatic heterocycles. The van der Waals surface area contributed by atoms with Gasteiger partial charge in [-0.05, 0) is 50.2 Å². The Morgan fingerprint density at radius 3 is 2.11 bits per heavy atom. The first-order chi connectivity index (χ1) is 17.4.